The molecule has 0 saturated carbocycles. The third-order valence-electron chi connectivity index (χ3n) is 3.71. The van der Waals surface area contributed by atoms with Crippen LogP contribution in [0.25, 0.3) is 0 Å². The van der Waals surface area contributed by atoms with Gasteiger partial charge in [-0.15, -0.1) is 0 Å². The van der Waals surface area contributed by atoms with Gasteiger partial charge in [0.05, 0.1) is 18.5 Å². The van der Waals surface area contributed by atoms with E-state index in [2.05, 4.69) is 15.6 Å². The minimum atomic E-state index is -0.568. The number of hydrogen-bond donors (Lipinski definition) is 3. The van der Waals surface area contributed by atoms with E-state index < -0.39 is 6.10 Å². The average molecular weight is 286 g/mol. The first-order valence-electron chi connectivity index (χ1n) is 7.00. The number of aromatic nitrogens is 2. The molecule has 0 bridgehead atoms. The highest BCUT2D eigenvalue weighted by molar-refractivity contribution is 5.74. The average Bonchev–Trinajstić information content (AvgIpc) is 3.08. The second-order valence-electron chi connectivity index (χ2n) is 5.15. The van der Waals surface area contributed by atoms with E-state index in [9.17, 15) is 9.90 Å². The van der Waals surface area contributed by atoms with Gasteiger partial charge in [0.25, 0.3) is 0 Å². The lowest BCUT2D eigenvalue weighted by atomic mass is 10.1. The van der Waals surface area contributed by atoms with Crippen molar-refractivity contribution in [3.8, 4) is 0 Å². The Balaban J connectivity index is 1.53. The summed E-state index contributed by atoms with van der Waals surface area (Å²) in [7, 11) is 0. The molecule has 6 heteroatoms. The lowest BCUT2D eigenvalue weighted by Gasteiger charge is -2.18. The molecule has 6 nitrogen and oxygen atoms in total. The SMILES string of the molecule is O=C(NCCn1ccnc1)N[C@H]1c2ccccc2C[C@H]1O. The molecule has 0 spiro atoms. The number of hydrogen-bond acceptors (Lipinski definition) is 3. The van der Waals surface area contributed by atoms with Crippen molar-refractivity contribution in [1.29, 1.82) is 0 Å². The van der Waals surface area contributed by atoms with Crippen molar-refractivity contribution in [2.75, 3.05) is 6.54 Å². The summed E-state index contributed by atoms with van der Waals surface area (Å²) in [5, 5.41) is 15.7. The smallest absolute Gasteiger partial charge is 0.315 e. The van der Waals surface area contributed by atoms with Crippen LogP contribution in [0.15, 0.2) is 43.0 Å². The zero-order chi connectivity index (χ0) is 14.7. The molecule has 1 aliphatic rings. The van der Waals surface area contributed by atoms with Gasteiger partial charge < -0.3 is 20.3 Å². The Morgan fingerprint density at radius 3 is 3.10 bits per heavy atom. The van der Waals surface area contributed by atoms with Crippen molar-refractivity contribution in [2.24, 2.45) is 0 Å². The maximum absolute atomic E-state index is 11.9. The third kappa shape index (κ3) is 3.05. The zero-order valence-corrected chi connectivity index (χ0v) is 11.6. The summed E-state index contributed by atoms with van der Waals surface area (Å²) < 4.78 is 1.89. The van der Waals surface area contributed by atoms with Crippen LogP contribution in [-0.4, -0.2) is 33.3 Å². The molecule has 0 saturated heterocycles. The minimum absolute atomic E-state index is 0.268. The molecule has 1 heterocycles. The molecule has 3 rings (SSSR count). The molecule has 0 radical (unpaired) electrons. The van der Waals surface area contributed by atoms with Crippen molar-refractivity contribution in [3.05, 3.63) is 54.1 Å². The van der Waals surface area contributed by atoms with Gasteiger partial charge in [-0.25, -0.2) is 9.78 Å². The van der Waals surface area contributed by atoms with Crippen molar-refractivity contribution < 1.29 is 9.90 Å². The first-order valence-corrected chi connectivity index (χ1v) is 7.00. The van der Waals surface area contributed by atoms with Crippen LogP contribution in [0.1, 0.15) is 17.2 Å². The molecule has 1 aromatic carbocycles. The lowest BCUT2D eigenvalue weighted by molar-refractivity contribution is 0.142. The molecule has 3 N–H and O–H groups in total. The summed E-state index contributed by atoms with van der Waals surface area (Å²) in [4.78, 5) is 15.9. The summed E-state index contributed by atoms with van der Waals surface area (Å²) >= 11 is 0. The van der Waals surface area contributed by atoms with E-state index in [1.807, 2.05) is 35.0 Å². The Morgan fingerprint density at radius 2 is 2.29 bits per heavy atom. The molecule has 0 fully saturated rings. The number of rotatable bonds is 4. The largest absolute Gasteiger partial charge is 0.390 e. The number of fused-ring (bicyclic) bond motifs is 1. The number of carbonyl (C=O) groups is 1. The maximum Gasteiger partial charge on any atom is 0.315 e. The minimum Gasteiger partial charge on any atom is -0.390 e. The highest BCUT2D eigenvalue weighted by Crippen LogP contribution is 2.30. The molecule has 2 aromatic rings. The van der Waals surface area contributed by atoms with Crippen molar-refractivity contribution >= 4 is 6.03 Å². The van der Waals surface area contributed by atoms with Gasteiger partial charge in [0.1, 0.15) is 0 Å². The van der Waals surface area contributed by atoms with Gasteiger partial charge in [-0.2, -0.15) is 0 Å². The number of nitrogens with zero attached hydrogens (tertiary/aromatic N) is 2. The molecular formula is C15H18N4O2. The lowest BCUT2D eigenvalue weighted by Crippen LogP contribution is -2.41. The van der Waals surface area contributed by atoms with Gasteiger partial charge in [-0.1, -0.05) is 24.3 Å². The predicted octanol–water partition coefficient (Wildman–Crippen LogP) is 0.841. The number of urea groups is 1. The van der Waals surface area contributed by atoms with E-state index in [0.717, 1.165) is 11.1 Å². The predicted molar refractivity (Wildman–Crippen MR) is 77.7 cm³/mol. The van der Waals surface area contributed by atoms with Crippen LogP contribution >= 0.6 is 0 Å². The Kier molecular flexibility index (Phi) is 3.87. The number of carbonyl (C=O) groups excluding carboxylic acids is 1. The Labute approximate surface area is 122 Å². The number of imidazole rings is 1. The van der Waals surface area contributed by atoms with Crippen LogP contribution in [0.2, 0.25) is 0 Å². The first kappa shape index (κ1) is 13.6. The zero-order valence-electron chi connectivity index (χ0n) is 11.6. The normalized spacial score (nSPS) is 20.0. The first-order chi connectivity index (χ1) is 10.2. The number of aliphatic hydroxyl groups excluding tert-OH is 1. The van der Waals surface area contributed by atoms with Gasteiger partial charge >= 0.3 is 6.03 Å². The summed E-state index contributed by atoms with van der Waals surface area (Å²) in [6.07, 6.45) is 5.26. The van der Waals surface area contributed by atoms with E-state index in [1.54, 1.807) is 12.5 Å². The second-order valence-corrected chi connectivity index (χ2v) is 5.15. The highest BCUT2D eigenvalue weighted by atomic mass is 16.3. The van der Waals surface area contributed by atoms with Crippen LogP contribution in [0, 0.1) is 0 Å². The van der Waals surface area contributed by atoms with Crippen LogP contribution in [0.3, 0.4) is 0 Å². The Hall–Kier alpha value is -2.34. The molecule has 0 aliphatic heterocycles. The fourth-order valence-corrected chi connectivity index (χ4v) is 2.66. The fourth-order valence-electron chi connectivity index (χ4n) is 2.66. The summed E-state index contributed by atoms with van der Waals surface area (Å²) in [6, 6.07) is 7.19. The van der Waals surface area contributed by atoms with E-state index in [-0.39, 0.29) is 12.1 Å². The number of aliphatic hydroxyl groups is 1. The molecule has 2 amide bonds. The quantitative estimate of drug-likeness (QED) is 0.779. The van der Waals surface area contributed by atoms with Gasteiger partial charge in [-0.3, -0.25) is 0 Å². The Bertz CT molecular complexity index is 612. The van der Waals surface area contributed by atoms with E-state index in [0.29, 0.717) is 19.5 Å². The van der Waals surface area contributed by atoms with Gasteiger partial charge in [0.2, 0.25) is 0 Å². The van der Waals surface area contributed by atoms with E-state index in [4.69, 9.17) is 0 Å². The van der Waals surface area contributed by atoms with Crippen molar-refractivity contribution in [3.63, 3.8) is 0 Å². The molecule has 21 heavy (non-hydrogen) atoms. The van der Waals surface area contributed by atoms with Crippen LogP contribution in [0.5, 0.6) is 0 Å². The summed E-state index contributed by atoms with van der Waals surface area (Å²) in [5.74, 6) is 0. The molecule has 110 valence electrons. The van der Waals surface area contributed by atoms with Gasteiger partial charge in [0, 0.05) is 31.9 Å². The fraction of sp³-hybridized carbons (Fsp3) is 0.333. The van der Waals surface area contributed by atoms with Crippen LogP contribution in [0.4, 0.5) is 4.79 Å². The third-order valence-corrected chi connectivity index (χ3v) is 3.71. The summed E-state index contributed by atoms with van der Waals surface area (Å²) in [5.41, 5.74) is 2.09. The molecule has 1 aliphatic carbocycles. The van der Waals surface area contributed by atoms with Crippen LogP contribution in [-0.2, 0) is 13.0 Å². The van der Waals surface area contributed by atoms with Gasteiger partial charge in [-0.05, 0) is 11.1 Å². The maximum atomic E-state index is 11.9. The molecule has 0 unspecified atom stereocenters. The topological polar surface area (TPSA) is 79.2 Å². The van der Waals surface area contributed by atoms with Crippen molar-refractivity contribution in [2.45, 2.75) is 25.1 Å². The number of nitrogens with one attached hydrogen (secondary N) is 2. The highest BCUT2D eigenvalue weighted by Gasteiger charge is 2.31. The van der Waals surface area contributed by atoms with Crippen LogP contribution < -0.4 is 10.6 Å². The molecular weight excluding hydrogens is 268 g/mol. The van der Waals surface area contributed by atoms with Crippen molar-refractivity contribution in [1.82, 2.24) is 20.2 Å². The standard InChI is InChI=1S/C15H18N4O2/c20-13-9-11-3-1-2-4-12(11)14(13)18-15(21)17-6-8-19-7-5-16-10-19/h1-5,7,10,13-14,20H,6,8-9H2,(H2,17,18,21)/t13-,14+/m1/s1. The monoisotopic (exact) mass is 286 g/mol. The molecule has 1 aromatic heterocycles. The number of benzene rings is 1. The summed E-state index contributed by atoms with van der Waals surface area (Å²) in [6.45, 7) is 1.17. The Morgan fingerprint density at radius 1 is 1.43 bits per heavy atom. The second kappa shape index (κ2) is 5.97. The van der Waals surface area contributed by atoms with Gasteiger partial charge in [0.15, 0.2) is 0 Å². The number of amides is 2. The van der Waals surface area contributed by atoms with E-state index in [1.165, 1.54) is 0 Å². The van der Waals surface area contributed by atoms with E-state index >= 15 is 0 Å². The molecule has 2 atom stereocenters.